The van der Waals surface area contributed by atoms with Gasteiger partial charge in [0, 0.05) is 18.9 Å². The summed E-state index contributed by atoms with van der Waals surface area (Å²) in [5.41, 5.74) is 1.21. The summed E-state index contributed by atoms with van der Waals surface area (Å²) in [6, 6.07) is 2.02. The highest BCUT2D eigenvalue weighted by atomic mass is 15.5. The van der Waals surface area contributed by atoms with Crippen LogP contribution in [0.5, 0.6) is 0 Å². The molecule has 0 aliphatic carbocycles. The summed E-state index contributed by atoms with van der Waals surface area (Å²) in [6.07, 6.45) is 3.84. The molecule has 0 radical (unpaired) electrons. The molecule has 2 aromatic rings. The number of nitrogens with zero attached hydrogens (tertiary/aromatic N) is 3. The third kappa shape index (κ3) is 2.12. The molecule has 0 spiro atoms. The Kier molecular flexibility index (Phi) is 2.33. The number of aromatic amines is 2. The Morgan fingerprint density at radius 3 is 3.08 bits per heavy atom. The van der Waals surface area contributed by atoms with Gasteiger partial charge in [-0.3, -0.25) is 0 Å². The van der Waals surface area contributed by atoms with E-state index in [0.717, 1.165) is 6.54 Å². The van der Waals surface area contributed by atoms with E-state index in [9.17, 15) is 0 Å². The Bertz CT molecular complexity index is 290. The molecule has 2 rings (SSSR count). The van der Waals surface area contributed by atoms with Gasteiger partial charge in [-0.1, -0.05) is 5.21 Å². The number of aromatic nitrogens is 5. The summed E-state index contributed by atoms with van der Waals surface area (Å²) in [6.45, 7) is 1.43. The standard InChI is InChI=1S/C7H10N6/c1-2-8-3-6(1)4-9-5-7-10-12-13-11-7/h1-3,8-9H,4-5H2,(H,10,11,12,13). The van der Waals surface area contributed by atoms with Crippen molar-refractivity contribution in [1.82, 2.24) is 30.9 Å². The molecule has 0 saturated heterocycles. The summed E-state index contributed by atoms with van der Waals surface area (Å²) < 4.78 is 0. The fraction of sp³-hybridized carbons (Fsp3) is 0.286. The summed E-state index contributed by atoms with van der Waals surface area (Å²) in [5, 5.41) is 16.7. The van der Waals surface area contributed by atoms with E-state index < -0.39 is 0 Å². The zero-order chi connectivity index (χ0) is 8.93. The highest BCUT2D eigenvalue weighted by Gasteiger charge is 1.96. The minimum atomic E-state index is 0.627. The molecule has 2 aromatic heterocycles. The van der Waals surface area contributed by atoms with Crippen molar-refractivity contribution >= 4 is 0 Å². The predicted octanol–water partition coefficient (Wildman–Crippen LogP) is -0.182. The van der Waals surface area contributed by atoms with Gasteiger partial charge in [0.05, 0.1) is 6.54 Å². The Labute approximate surface area is 74.8 Å². The average Bonchev–Trinajstić information content (AvgIpc) is 2.75. The van der Waals surface area contributed by atoms with Gasteiger partial charge in [0.15, 0.2) is 5.82 Å². The van der Waals surface area contributed by atoms with Crippen LogP contribution < -0.4 is 5.32 Å². The third-order valence-electron chi connectivity index (χ3n) is 1.66. The van der Waals surface area contributed by atoms with Crippen LogP contribution >= 0.6 is 0 Å². The lowest BCUT2D eigenvalue weighted by Gasteiger charge is -1.97. The van der Waals surface area contributed by atoms with Gasteiger partial charge in [0.25, 0.3) is 0 Å². The van der Waals surface area contributed by atoms with Crippen LogP contribution in [0.4, 0.5) is 0 Å². The maximum atomic E-state index is 3.82. The SMILES string of the molecule is c1cc(CNCc2nn[nH]n2)c[nH]1. The average molecular weight is 178 g/mol. The molecule has 2 heterocycles. The van der Waals surface area contributed by atoms with Gasteiger partial charge in [-0.25, -0.2) is 0 Å². The highest BCUT2D eigenvalue weighted by molar-refractivity contribution is 5.07. The zero-order valence-electron chi connectivity index (χ0n) is 6.99. The maximum Gasteiger partial charge on any atom is 0.188 e. The molecule has 13 heavy (non-hydrogen) atoms. The first-order valence-electron chi connectivity index (χ1n) is 4.00. The van der Waals surface area contributed by atoms with Gasteiger partial charge in [-0.2, -0.15) is 5.21 Å². The second-order valence-electron chi connectivity index (χ2n) is 2.65. The molecule has 68 valence electrons. The van der Waals surface area contributed by atoms with E-state index in [4.69, 9.17) is 0 Å². The Morgan fingerprint density at radius 2 is 2.38 bits per heavy atom. The predicted molar refractivity (Wildman–Crippen MR) is 45.5 cm³/mol. The minimum Gasteiger partial charge on any atom is -0.367 e. The lowest BCUT2D eigenvalue weighted by Crippen LogP contribution is -2.13. The van der Waals surface area contributed by atoms with Crippen LogP contribution in [0.3, 0.4) is 0 Å². The summed E-state index contributed by atoms with van der Waals surface area (Å²) >= 11 is 0. The molecular weight excluding hydrogens is 168 g/mol. The molecule has 0 aliphatic rings. The molecule has 3 N–H and O–H groups in total. The molecule has 0 amide bonds. The van der Waals surface area contributed by atoms with Crippen molar-refractivity contribution in [1.29, 1.82) is 0 Å². The molecule has 0 bridgehead atoms. The summed E-state index contributed by atoms with van der Waals surface area (Å²) in [4.78, 5) is 2.98. The van der Waals surface area contributed by atoms with Crippen molar-refractivity contribution in [2.45, 2.75) is 13.1 Å². The molecule has 6 nitrogen and oxygen atoms in total. The van der Waals surface area contributed by atoms with E-state index in [1.54, 1.807) is 0 Å². The number of hydrogen-bond acceptors (Lipinski definition) is 4. The fourth-order valence-electron chi connectivity index (χ4n) is 1.04. The first-order chi connectivity index (χ1) is 6.45. The molecular formula is C7H10N6. The first kappa shape index (κ1) is 7.93. The first-order valence-corrected chi connectivity index (χ1v) is 4.00. The number of tetrazole rings is 1. The van der Waals surface area contributed by atoms with Gasteiger partial charge in [0.1, 0.15) is 0 Å². The molecule has 0 unspecified atom stereocenters. The normalized spacial score (nSPS) is 10.5. The molecule has 0 fully saturated rings. The van der Waals surface area contributed by atoms with Crippen LogP contribution in [0.2, 0.25) is 0 Å². The van der Waals surface area contributed by atoms with E-state index >= 15 is 0 Å². The van der Waals surface area contributed by atoms with Crippen LogP contribution in [0, 0.1) is 0 Å². The Balaban J connectivity index is 1.76. The zero-order valence-corrected chi connectivity index (χ0v) is 6.99. The van der Waals surface area contributed by atoms with Crippen LogP contribution in [0.25, 0.3) is 0 Å². The van der Waals surface area contributed by atoms with Crippen molar-refractivity contribution in [3.8, 4) is 0 Å². The Morgan fingerprint density at radius 1 is 1.38 bits per heavy atom. The van der Waals surface area contributed by atoms with Crippen molar-refractivity contribution < 1.29 is 0 Å². The van der Waals surface area contributed by atoms with E-state index in [-0.39, 0.29) is 0 Å². The van der Waals surface area contributed by atoms with E-state index in [0.29, 0.717) is 12.4 Å². The fourth-order valence-corrected chi connectivity index (χ4v) is 1.04. The monoisotopic (exact) mass is 178 g/mol. The third-order valence-corrected chi connectivity index (χ3v) is 1.66. The topological polar surface area (TPSA) is 82.3 Å². The highest BCUT2D eigenvalue weighted by Crippen LogP contribution is 1.95. The molecule has 0 atom stereocenters. The van der Waals surface area contributed by atoms with Gasteiger partial charge in [0.2, 0.25) is 0 Å². The molecule has 0 aliphatic heterocycles. The van der Waals surface area contributed by atoms with E-state index in [1.165, 1.54) is 5.56 Å². The lowest BCUT2D eigenvalue weighted by molar-refractivity contribution is 0.664. The van der Waals surface area contributed by atoms with Gasteiger partial charge >= 0.3 is 0 Å². The molecule has 6 heteroatoms. The van der Waals surface area contributed by atoms with Crippen molar-refractivity contribution in [2.75, 3.05) is 0 Å². The largest absolute Gasteiger partial charge is 0.367 e. The minimum absolute atomic E-state index is 0.627. The second-order valence-corrected chi connectivity index (χ2v) is 2.65. The van der Waals surface area contributed by atoms with Crippen molar-refractivity contribution in [2.24, 2.45) is 0 Å². The van der Waals surface area contributed by atoms with E-state index in [1.807, 2.05) is 18.5 Å². The number of nitrogens with one attached hydrogen (secondary N) is 3. The lowest BCUT2D eigenvalue weighted by atomic mass is 10.3. The van der Waals surface area contributed by atoms with Crippen molar-refractivity contribution in [3.63, 3.8) is 0 Å². The van der Waals surface area contributed by atoms with Crippen LogP contribution in [-0.2, 0) is 13.1 Å². The summed E-state index contributed by atoms with van der Waals surface area (Å²) in [7, 11) is 0. The van der Waals surface area contributed by atoms with Crippen LogP contribution in [0.1, 0.15) is 11.4 Å². The summed E-state index contributed by atoms with van der Waals surface area (Å²) in [5.74, 6) is 0.676. The number of H-pyrrole nitrogens is 2. The van der Waals surface area contributed by atoms with Gasteiger partial charge in [-0.05, 0) is 11.6 Å². The maximum absolute atomic E-state index is 3.82. The van der Waals surface area contributed by atoms with Crippen LogP contribution in [0.15, 0.2) is 18.5 Å². The van der Waals surface area contributed by atoms with Crippen molar-refractivity contribution in [3.05, 3.63) is 29.8 Å². The number of hydrogen-bond donors (Lipinski definition) is 3. The van der Waals surface area contributed by atoms with Gasteiger partial charge in [-0.15, -0.1) is 10.2 Å². The Hall–Kier alpha value is -1.69. The van der Waals surface area contributed by atoms with E-state index in [2.05, 4.69) is 30.9 Å². The smallest absolute Gasteiger partial charge is 0.188 e. The molecule has 0 aromatic carbocycles. The second kappa shape index (κ2) is 3.81. The van der Waals surface area contributed by atoms with Crippen LogP contribution in [-0.4, -0.2) is 25.6 Å². The van der Waals surface area contributed by atoms with Gasteiger partial charge < -0.3 is 10.3 Å². The molecule has 0 saturated carbocycles. The number of rotatable bonds is 4. The quantitative estimate of drug-likeness (QED) is 0.606.